The lowest BCUT2D eigenvalue weighted by molar-refractivity contribution is -0.198. The van der Waals surface area contributed by atoms with E-state index >= 15 is 0 Å². The third-order valence-corrected chi connectivity index (χ3v) is 2.66. The molecule has 2 rings (SSSR count). The second-order valence-corrected chi connectivity index (χ2v) is 4.12. The van der Waals surface area contributed by atoms with Crippen molar-refractivity contribution in [2.75, 3.05) is 6.61 Å². The summed E-state index contributed by atoms with van der Waals surface area (Å²) in [5, 5.41) is 0. The topological polar surface area (TPSA) is 47.6 Å². The maximum absolute atomic E-state index is 11.5. The normalized spacial score (nSPS) is 19.9. The Morgan fingerprint density at radius 1 is 1.33 bits per heavy atom. The number of hydrogen-bond acceptors (Lipinski definition) is 3. The Kier molecular flexibility index (Phi) is 4.93. The van der Waals surface area contributed by atoms with Gasteiger partial charge in [-0.25, -0.2) is 10.3 Å². The van der Waals surface area contributed by atoms with Crippen molar-refractivity contribution in [1.82, 2.24) is 5.48 Å². The van der Waals surface area contributed by atoms with Gasteiger partial charge in [-0.2, -0.15) is 0 Å². The van der Waals surface area contributed by atoms with Gasteiger partial charge < -0.3 is 4.74 Å². The lowest BCUT2D eigenvalue weighted by Gasteiger charge is -2.21. The smallest absolute Gasteiger partial charge is 0.267 e. The molecule has 0 aliphatic carbocycles. The van der Waals surface area contributed by atoms with Crippen LogP contribution in [0.1, 0.15) is 24.8 Å². The predicted octanol–water partition coefficient (Wildman–Crippen LogP) is 2.27. The molecule has 1 aromatic carbocycles. The van der Waals surface area contributed by atoms with Gasteiger partial charge in [-0.1, -0.05) is 30.3 Å². The standard InChI is InChI=1S/C14H17NO3/c16-13(10-9-12-6-2-1-3-7-12)15-18-14-8-4-5-11-17-14/h1-3,6-7,9-10,14H,4-5,8,11H2,(H,15,16)/t14-/m1/s1. The van der Waals surface area contributed by atoms with Crippen LogP contribution < -0.4 is 5.48 Å². The van der Waals surface area contributed by atoms with Crippen LogP contribution in [0.4, 0.5) is 0 Å². The number of hydrogen-bond donors (Lipinski definition) is 1. The lowest BCUT2D eigenvalue weighted by atomic mass is 10.2. The molecule has 0 bridgehead atoms. The molecule has 0 spiro atoms. The molecule has 0 radical (unpaired) electrons. The molecule has 96 valence electrons. The van der Waals surface area contributed by atoms with E-state index in [-0.39, 0.29) is 12.2 Å². The van der Waals surface area contributed by atoms with Crippen LogP contribution >= 0.6 is 0 Å². The van der Waals surface area contributed by atoms with Crippen LogP contribution in [0.2, 0.25) is 0 Å². The first-order chi connectivity index (χ1) is 8.84. The maximum Gasteiger partial charge on any atom is 0.267 e. The zero-order valence-electron chi connectivity index (χ0n) is 10.2. The van der Waals surface area contributed by atoms with Crippen LogP contribution in [0, 0.1) is 0 Å². The van der Waals surface area contributed by atoms with Crippen LogP contribution in [0.25, 0.3) is 6.08 Å². The Morgan fingerprint density at radius 3 is 2.89 bits per heavy atom. The van der Waals surface area contributed by atoms with E-state index in [1.165, 1.54) is 6.08 Å². The highest BCUT2D eigenvalue weighted by molar-refractivity contribution is 5.90. The monoisotopic (exact) mass is 247 g/mol. The van der Waals surface area contributed by atoms with Gasteiger partial charge in [-0.3, -0.25) is 4.79 Å². The average Bonchev–Trinajstić information content (AvgIpc) is 2.45. The fourth-order valence-corrected chi connectivity index (χ4v) is 1.70. The maximum atomic E-state index is 11.5. The summed E-state index contributed by atoms with van der Waals surface area (Å²) in [4.78, 5) is 16.6. The van der Waals surface area contributed by atoms with Gasteiger partial charge in [0.05, 0.1) is 0 Å². The molecule has 1 amide bonds. The summed E-state index contributed by atoms with van der Waals surface area (Å²) >= 11 is 0. The van der Waals surface area contributed by atoms with E-state index in [0.717, 1.165) is 24.8 Å². The molecular weight excluding hydrogens is 230 g/mol. The van der Waals surface area contributed by atoms with Crippen molar-refractivity contribution in [1.29, 1.82) is 0 Å². The number of amides is 1. The number of nitrogens with one attached hydrogen (secondary N) is 1. The molecule has 1 heterocycles. The van der Waals surface area contributed by atoms with Gasteiger partial charge in [0.25, 0.3) is 5.91 Å². The second kappa shape index (κ2) is 6.93. The van der Waals surface area contributed by atoms with Gasteiger partial charge in [0, 0.05) is 19.1 Å². The van der Waals surface area contributed by atoms with Crippen LogP contribution in [-0.4, -0.2) is 18.8 Å². The summed E-state index contributed by atoms with van der Waals surface area (Å²) in [5.74, 6) is -0.284. The lowest BCUT2D eigenvalue weighted by Crippen LogP contribution is -2.32. The van der Waals surface area contributed by atoms with Gasteiger partial charge in [0.2, 0.25) is 0 Å². The average molecular weight is 247 g/mol. The van der Waals surface area contributed by atoms with E-state index in [0.29, 0.717) is 6.61 Å². The number of hydroxylamine groups is 1. The first-order valence-electron chi connectivity index (χ1n) is 6.15. The number of benzene rings is 1. The van der Waals surface area contributed by atoms with E-state index in [1.54, 1.807) is 6.08 Å². The van der Waals surface area contributed by atoms with Crippen molar-refractivity contribution < 1.29 is 14.4 Å². The highest BCUT2D eigenvalue weighted by atomic mass is 16.8. The van der Waals surface area contributed by atoms with Crippen LogP contribution in [0.3, 0.4) is 0 Å². The molecule has 1 aliphatic rings. The van der Waals surface area contributed by atoms with Gasteiger partial charge in [-0.05, 0) is 24.5 Å². The second-order valence-electron chi connectivity index (χ2n) is 4.12. The minimum absolute atomic E-state index is 0.284. The Morgan fingerprint density at radius 2 is 2.17 bits per heavy atom. The SMILES string of the molecule is O=C(C=Cc1ccccc1)NO[C@@H]1CCCCO1. The summed E-state index contributed by atoms with van der Waals surface area (Å²) in [6.07, 6.45) is 5.82. The van der Waals surface area contributed by atoms with Crippen molar-refractivity contribution >= 4 is 12.0 Å². The number of rotatable bonds is 4. The molecule has 1 aromatic rings. The molecule has 1 atom stereocenters. The summed E-state index contributed by atoms with van der Waals surface area (Å²) in [6.45, 7) is 0.695. The van der Waals surface area contributed by atoms with Crippen molar-refractivity contribution in [3.63, 3.8) is 0 Å². The van der Waals surface area contributed by atoms with Crippen LogP contribution in [-0.2, 0) is 14.4 Å². The molecule has 0 aromatic heterocycles. The zero-order valence-corrected chi connectivity index (χ0v) is 10.2. The van der Waals surface area contributed by atoms with Gasteiger partial charge in [-0.15, -0.1) is 0 Å². The van der Waals surface area contributed by atoms with E-state index < -0.39 is 0 Å². The Hall–Kier alpha value is -1.65. The molecule has 4 heteroatoms. The first-order valence-corrected chi connectivity index (χ1v) is 6.15. The Labute approximate surface area is 107 Å². The molecule has 1 aliphatic heterocycles. The number of ether oxygens (including phenoxy) is 1. The molecule has 18 heavy (non-hydrogen) atoms. The van der Waals surface area contributed by atoms with Crippen molar-refractivity contribution in [2.24, 2.45) is 0 Å². The minimum Gasteiger partial charge on any atom is -0.350 e. The van der Waals surface area contributed by atoms with Gasteiger partial charge in [0.15, 0.2) is 6.29 Å². The minimum atomic E-state index is -0.312. The summed E-state index contributed by atoms with van der Waals surface area (Å²) in [7, 11) is 0. The summed E-state index contributed by atoms with van der Waals surface area (Å²) < 4.78 is 5.33. The Bertz CT molecular complexity index is 397. The first kappa shape index (κ1) is 12.8. The third kappa shape index (κ3) is 4.31. The van der Waals surface area contributed by atoms with Crippen molar-refractivity contribution in [2.45, 2.75) is 25.6 Å². The van der Waals surface area contributed by atoms with Crippen molar-refractivity contribution in [3.8, 4) is 0 Å². The molecular formula is C14H17NO3. The van der Waals surface area contributed by atoms with E-state index in [4.69, 9.17) is 9.57 Å². The fraction of sp³-hybridized carbons (Fsp3) is 0.357. The molecule has 1 N–H and O–H groups in total. The van der Waals surface area contributed by atoms with Crippen LogP contribution in [0.15, 0.2) is 36.4 Å². The van der Waals surface area contributed by atoms with Crippen LogP contribution in [0.5, 0.6) is 0 Å². The van der Waals surface area contributed by atoms with E-state index in [2.05, 4.69) is 5.48 Å². The molecule has 1 fully saturated rings. The van der Waals surface area contributed by atoms with Crippen molar-refractivity contribution in [3.05, 3.63) is 42.0 Å². The molecule has 0 unspecified atom stereocenters. The zero-order chi connectivity index (χ0) is 12.6. The number of carbonyl (C=O) groups excluding carboxylic acids is 1. The van der Waals surface area contributed by atoms with E-state index in [1.807, 2.05) is 30.3 Å². The molecule has 0 saturated carbocycles. The van der Waals surface area contributed by atoms with E-state index in [9.17, 15) is 4.79 Å². The molecule has 1 saturated heterocycles. The van der Waals surface area contributed by atoms with Gasteiger partial charge in [0.1, 0.15) is 0 Å². The highest BCUT2D eigenvalue weighted by Crippen LogP contribution is 2.12. The highest BCUT2D eigenvalue weighted by Gasteiger charge is 2.14. The summed E-state index contributed by atoms with van der Waals surface area (Å²) in [6, 6.07) is 9.62. The Balaban J connectivity index is 1.73. The summed E-state index contributed by atoms with van der Waals surface area (Å²) in [5.41, 5.74) is 3.35. The largest absolute Gasteiger partial charge is 0.350 e. The molecule has 4 nitrogen and oxygen atoms in total. The third-order valence-electron chi connectivity index (χ3n) is 2.66. The van der Waals surface area contributed by atoms with Gasteiger partial charge >= 0.3 is 0 Å². The fourth-order valence-electron chi connectivity index (χ4n) is 1.70. The quantitative estimate of drug-likeness (QED) is 0.656. The predicted molar refractivity (Wildman–Crippen MR) is 68.3 cm³/mol. The number of carbonyl (C=O) groups is 1.